The van der Waals surface area contributed by atoms with Crippen LogP contribution in [0.15, 0.2) is 36.4 Å². The van der Waals surface area contributed by atoms with Crippen LogP contribution in [0.3, 0.4) is 0 Å². The van der Waals surface area contributed by atoms with Gasteiger partial charge in [0, 0.05) is 18.8 Å². The first kappa shape index (κ1) is 24.2. The van der Waals surface area contributed by atoms with Gasteiger partial charge in [0.15, 0.2) is 11.5 Å². The number of nitrogens with zero attached hydrogens (tertiary/aromatic N) is 1. The van der Waals surface area contributed by atoms with Crippen LogP contribution in [0, 0.1) is 5.92 Å². The summed E-state index contributed by atoms with van der Waals surface area (Å²) in [6.45, 7) is 4.96. The third kappa shape index (κ3) is 5.69. The molecule has 1 aliphatic rings. The number of benzene rings is 2. The van der Waals surface area contributed by atoms with E-state index in [2.05, 4.69) is 10.6 Å². The molecular formula is C25H33N3O5. The monoisotopic (exact) mass is 455 g/mol. The van der Waals surface area contributed by atoms with E-state index in [-0.39, 0.29) is 17.9 Å². The molecule has 0 aromatic heterocycles. The van der Waals surface area contributed by atoms with Gasteiger partial charge >= 0.3 is 6.03 Å². The van der Waals surface area contributed by atoms with E-state index < -0.39 is 6.04 Å². The van der Waals surface area contributed by atoms with Crippen molar-refractivity contribution < 1.29 is 23.8 Å². The molecule has 0 radical (unpaired) electrons. The van der Waals surface area contributed by atoms with E-state index in [0.29, 0.717) is 42.4 Å². The van der Waals surface area contributed by atoms with Crippen molar-refractivity contribution in [3.63, 3.8) is 0 Å². The van der Waals surface area contributed by atoms with Crippen LogP contribution in [0.4, 0.5) is 10.5 Å². The molecule has 0 bridgehead atoms. The molecule has 2 aromatic rings. The first-order valence-corrected chi connectivity index (χ1v) is 11.1. The second-order valence-corrected chi connectivity index (χ2v) is 8.18. The Bertz CT molecular complexity index is 977. The number of ether oxygens (including phenoxy) is 3. The number of nitrogens with one attached hydrogen (secondary N) is 2. The summed E-state index contributed by atoms with van der Waals surface area (Å²) in [7, 11) is 4.79. The average Bonchev–Trinajstić information content (AvgIpc) is 2.85. The molecule has 0 saturated carbocycles. The average molecular weight is 456 g/mol. The molecule has 1 heterocycles. The van der Waals surface area contributed by atoms with Crippen molar-refractivity contribution in [3.8, 4) is 17.2 Å². The minimum atomic E-state index is -0.656. The molecule has 3 rings (SSSR count). The Hall–Kier alpha value is -3.42. The lowest BCUT2D eigenvalue weighted by molar-refractivity contribution is -0.119. The number of methoxy groups -OCH3 is 3. The topological polar surface area (TPSA) is 89.1 Å². The fraction of sp³-hybridized carbons (Fsp3) is 0.440. The van der Waals surface area contributed by atoms with Crippen molar-refractivity contribution >= 4 is 17.6 Å². The molecule has 2 atom stereocenters. The van der Waals surface area contributed by atoms with Crippen LogP contribution in [-0.2, 0) is 17.8 Å². The third-order valence-corrected chi connectivity index (χ3v) is 6.14. The van der Waals surface area contributed by atoms with E-state index in [1.165, 1.54) is 0 Å². The van der Waals surface area contributed by atoms with Crippen LogP contribution < -0.4 is 24.8 Å². The highest BCUT2D eigenvalue weighted by atomic mass is 16.5. The van der Waals surface area contributed by atoms with Crippen LogP contribution in [0.25, 0.3) is 0 Å². The second-order valence-electron chi connectivity index (χ2n) is 8.18. The second kappa shape index (κ2) is 10.9. The Kier molecular flexibility index (Phi) is 8.03. The predicted octanol–water partition coefficient (Wildman–Crippen LogP) is 3.83. The maximum absolute atomic E-state index is 13.1. The summed E-state index contributed by atoms with van der Waals surface area (Å²) in [6, 6.07) is 10.1. The van der Waals surface area contributed by atoms with Crippen LogP contribution in [0.1, 0.15) is 31.4 Å². The molecule has 0 spiro atoms. The van der Waals surface area contributed by atoms with Crippen LogP contribution >= 0.6 is 0 Å². The van der Waals surface area contributed by atoms with Gasteiger partial charge < -0.3 is 29.7 Å². The largest absolute Gasteiger partial charge is 0.497 e. The van der Waals surface area contributed by atoms with Gasteiger partial charge in [0.1, 0.15) is 11.8 Å². The van der Waals surface area contributed by atoms with E-state index >= 15 is 0 Å². The van der Waals surface area contributed by atoms with E-state index in [1.807, 2.05) is 26.0 Å². The molecular weight excluding hydrogens is 422 g/mol. The molecule has 0 fully saturated rings. The van der Waals surface area contributed by atoms with Gasteiger partial charge in [-0.05, 0) is 59.9 Å². The van der Waals surface area contributed by atoms with Crippen molar-refractivity contribution in [1.82, 2.24) is 10.2 Å². The number of amides is 3. The molecule has 1 aliphatic heterocycles. The number of urea groups is 1. The maximum Gasteiger partial charge on any atom is 0.318 e. The first-order valence-electron chi connectivity index (χ1n) is 11.1. The molecule has 8 nitrogen and oxygen atoms in total. The van der Waals surface area contributed by atoms with E-state index in [0.717, 1.165) is 17.5 Å². The van der Waals surface area contributed by atoms with Crippen molar-refractivity contribution in [2.24, 2.45) is 5.92 Å². The number of hydrogen-bond donors (Lipinski definition) is 2. The van der Waals surface area contributed by atoms with Gasteiger partial charge in [0.2, 0.25) is 5.91 Å². The van der Waals surface area contributed by atoms with Gasteiger partial charge in [-0.15, -0.1) is 0 Å². The summed E-state index contributed by atoms with van der Waals surface area (Å²) in [4.78, 5) is 27.9. The normalized spacial score (nSPS) is 14.5. The predicted molar refractivity (Wildman–Crippen MR) is 127 cm³/mol. The summed E-state index contributed by atoms with van der Waals surface area (Å²) in [5.74, 6) is 1.75. The molecule has 3 amide bonds. The number of hydrogen-bond acceptors (Lipinski definition) is 5. The lowest BCUT2D eigenvalue weighted by Crippen LogP contribution is -2.53. The van der Waals surface area contributed by atoms with Gasteiger partial charge in [-0.2, -0.15) is 0 Å². The van der Waals surface area contributed by atoms with Gasteiger partial charge in [-0.3, -0.25) is 4.79 Å². The van der Waals surface area contributed by atoms with Crippen molar-refractivity contribution in [3.05, 3.63) is 47.5 Å². The van der Waals surface area contributed by atoms with Crippen LogP contribution in [0.5, 0.6) is 17.2 Å². The fourth-order valence-corrected chi connectivity index (χ4v) is 3.88. The van der Waals surface area contributed by atoms with Crippen molar-refractivity contribution in [2.45, 2.75) is 39.3 Å². The van der Waals surface area contributed by atoms with Crippen LogP contribution in [0.2, 0.25) is 0 Å². The van der Waals surface area contributed by atoms with Gasteiger partial charge in [-0.25, -0.2) is 4.79 Å². The Morgan fingerprint density at radius 1 is 1.00 bits per heavy atom. The Labute approximate surface area is 195 Å². The molecule has 2 aromatic carbocycles. The van der Waals surface area contributed by atoms with Gasteiger partial charge in [-0.1, -0.05) is 20.3 Å². The summed E-state index contributed by atoms with van der Waals surface area (Å²) in [5, 5.41) is 5.86. The highest BCUT2D eigenvalue weighted by Gasteiger charge is 2.30. The summed E-state index contributed by atoms with van der Waals surface area (Å²) in [6.07, 6.45) is 1.45. The summed E-state index contributed by atoms with van der Waals surface area (Å²) in [5.41, 5.74) is 2.79. The molecule has 0 saturated heterocycles. The summed E-state index contributed by atoms with van der Waals surface area (Å²) >= 11 is 0. The highest BCUT2D eigenvalue weighted by Crippen LogP contribution is 2.33. The zero-order valence-electron chi connectivity index (χ0n) is 19.9. The molecule has 2 N–H and O–H groups in total. The number of anilines is 1. The van der Waals surface area contributed by atoms with Crippen LogP contribution in [-0.4, -0.2) is 50.8 Å². The number of carbonyl (C=O) groups excluding carboxylic acids is 2. The Morgan fingerprint density at radius 3 is 2.21 bits per heavy atom. The zero-order valence-corrected chi connectivity index (χ0v) is 19.9. The lowest BCUT2D eigenvalue weighted by atomic mass is 9.97. The number of fused-ring (bicyclic) bond motifs is 1. The number of carbonyl (C=O) groups is 2. The highest BCUT2D eigenvalue weighted by molar-refractivity contribution is 5.97. The minimum absolute atomic E-state index is 0.0337. The lowest BCUT2D eigenvalue weighted by Gasteiger charge is -2.32. The van der Waals surface area contributed by atoms with Crippen molar-refractivity contribution in [2.75, 3.05) is 33.2 Å². The SMILES string of the molecule is CC[C@H](C)[C@@H](NC(=O)N1CCc2cc(OC)c(OC)cc2C1)C(=O)Nc1ccc(OC)cc1. The van der Waals surface area contributed by atoms with Gasteiger partial charge in [0.05, 0.1) is 21.3 Å². The van der Waals surface area contributed by atoms with Gasteiger partial charge in [0.25, 0.3) is 0 Å². The molecule has 0 aliphatic carbocycles. The Balaban J connectivity index is 1.70. The molecule has 178 valence electrons. The standard InChI is InChI=1S/C25H33N3O5/c1-6-16(2)23(24(29)26-19-7-9-20(31-3)10-8-19)27-25(30)28-12-11-17-13-21(32-4)22(33-5)14-18(17)15-28/h7-10,13-14,16,23H,6,11-12,15H2,1-5H3,(H,26,29)(H,27,30)/t16-,23+/m0/s1. The molecule has 0 unspecified atom stereocenters. The number of rotatable bonds is 8. The maximum atomic E-state index is 13.1. The van der Waals surface area contributed by atoms with E-state index in [4.69, 9.17) is 14.2 Å². The smallest absolute Gasteiger partial charge is 0.318 e. The van der Waals surface area contributed by atoms with E-state index in [9.17, 15) is 9.59 Å². The summed E-state index contributed by atoms with van der Waals surface area (Å²) < 4.78 is 16.0. The quantitative estimate of drug-likeness (QED) is 0.632. The Morgan fingerprint density at radius 2 is 1.64 bits per heavy atom. The van der Waals surface area contributed by atoms with E-state index in [1.54, 1.807) is 50.5 Å². The fourth-order valence-electron chi connectivity index (χ4n) is 3.88. The van der Waals surface area contributed by atoms with Crippen molar-refractivity contribution in [1.29, 1.82) is 0 Å². The molecule has 8 heteroatoms. The zero-order chi connectivity index (χ0) is 24.0. The molecule has 33 heavy (non-hydrogen) atoms. The minimum Gasteiger partial charge on any atom is -0.497 e. The third-order valence-electron chi connectivity index (χ3n) is 6.14. The first-order chi connectivity index (χ1) is 15.9.